The van der Waals surface area contributed by atoms with Gasteiger partial charge in [-0.1, -0.05) is 46.9 Å². The van der Waals surface area contributed by atoms with Gasteiger partial charge in [0, 0.05) is 32.2 Å². The van der Waals surface area contributed by atoms with Crippen LogP contribution in [0.25, 0.3) is 17.1 Å². The van der Waals surface area contributed by atoms with E-state index < -0.39 is 0 Å². The number of furan rings is 1. The molecule has 174 valence electrons. The molecule has 0 spiro atoms. The van der Waals surface area contributed by atoms with Gasteiger partial charge in [-0.3, -0.25) is 4.79 Å². The highest BCUT2D eigenvalue weighted by Gasteiger charge is 2.27. The van der Waals surface area contributed by atoms with Gasteiger partial charge in [0.05, 0.1) is 26.4 Å². The summed E-state index contributed by atoms with van der Waals surface area (Å²) >= 11 is 18.7. The molecule has 0 N–H and O–H groups in total. The lowest BCUT2D eigenvalue weighted by Crippen LogP contribution is -2.49. The maximum Gasteiger partial charge on any atom is 0.272 e. The Hall–Kier alpha value is -2.93. The van der Waals surface area contributed by atoms with Crippen molar-refractivity contribution in [2.45, 2.75) is 6.92 Å². The number of aryl methyl sites for hydroxylation is 1. The van der Waals surface area contributed by atoms with E-state index in [-0.39, 0.29) is 5.91 Å². The fraction of sp³-hybridized carbons (Fsp3) is 0.200. The standard InChI is InChI=1S/C25H21Cl3N4O2/c1-16-6-9-24(34-16)21-15-23(32(29-21)17-7-8-18(26)20(28)14-17)25(33)31-12-10-30(11-13-31)22-5-3-2-4-19(22)27/h2-9,14-15H,10-13H2,1H3. The molecular weight excluding hydrogens is 495 g/mol. The summed E-state index contributed by atoms with van der Waals surface area (Å²) in [6.45, 7) is 4.35. The molecule has 1 saturated heterocycles. The summed E-state index contributed by atoms with van der Waals surface area (Å²) < 4.78 is 7.34. The van der Waals surface area contributed by atoms with Gasteiger partial charge >= 0.3 is 0 Å². The van der Waals surface area contributed by atoms with Gasteiger partial charge in [0.2, 0.25) is 0 Å². The lowest BCUT2D eigenvalue weighted by atomic mass is 10.2. The first kappa shape index (κ1) is 22.8. The number of benzene rings is 2. The topological polar surface area (TPSA) is 54.5 Å². The van der Waals surface area contributed by atoms with Crippen molar-refractivity contribution < 1.29 is 9.21 Å². The van der Waals surface area contributed by atoms with Crippen LogP contribution >= 0.6 is 34.8 Å². The number of piperazine rings is 1. The molecule has 1 amide bonds. The highest BCUT2D eigenvalue weighted by atomic mass is 35.5. The molecule has 6 nitrogen and oxygen atoms in total. The smallest absolute Gasteiger partial charge is 0.272 e. The Morgan fingerprint density at radius 1 is 0.882 bits per heavy atom. The minimum Gasteiger partial charge on any atom is -0.460 e. The van der Waals surface area contributed by atoms with Crippen molar-refractivity contribution in [1.82, 2.24) is 14.7 Å². The maximum atomic E-state index is 13.6. The van der Waals surface area contributed by atoms with E-state index in [1.807, 2.05) is 48.2 Å². The van der Waals surface area contributed by atoms with Crippen molar-refractivity contribution in [1.29, 1.82) is 0 Å². The summed E-state index contributed by atoms with van der Waals surface area (Å²) in [5.41, 5.74) is 2.61. The lowest BCUT2D eigenvalue weighted by Gasteiger charge is -2.36. The number of carbonyl (C=O) groups excluding carboxylic acids is 1. The van der Waals surface area contributed by atoms with Crippen LogP contribution in [0.4, 0.5) is 5.69 Å². The van der Waals surface area contributed by atoms with Gasteiger partial charge in [-0.2, -0.15) is 5.10 Å². The van der Waals surface area contributed by atoms with E-state index in [0.717, 1.165) is 11.4 Å². The van der Waals surface area contributed by atoms with Crippen LogP contribution in [0.15, 0.2) is 65.1 Å². The van der Waals surface area contributed by atoms with E-state index in [4.69, 9.17) is 39.2 Å². The van der Waals surface area contributed by atoms with E-state index in [0.29, 0.717) is 64.1 Å². The van der Waals surface area contributed by atoms with Crippen LogP contribution in [0.5, 0.6) is 0 Å². The number of rotatable bonds is 4. The molecular formula is C25H21Cl3N4O2. The largest absolute Gasteiger partial charge is 0.460 e. The first-order valence-electron chi connectivity index (χ1n) is 10.8. The molecule has 0 saturated carbocycles. The number of halogens is 3. The molecule has 0 bridgehead atoms. The third-order valence-corrected chi connectivity index (χ3v) is 6.89. The Morgan fingerprint density at radius 2 is 1.65 bits per heavy atom. The lowest BCUT2D eigenvalue weighted by molar-refractivity contribution is 0.0737. The fourth-order valence-electron chi connectivity index (χ4n) is 4.06. The first-order chi connectivity index (χ1) is 16.4. The minimum absolute atomic E-state index is 0.119. The summed E-state index contributed by atoms with van der Waals surface area (Å²) in [4.78, 5) is 17.7. The van der Waals surface area contributed by atoms with Crippen molar-refractivity contribution >= 4 is 46.4 Å². The van der Waals surface area contributed by atoms with Gasteiger partial charge in [-0.15, -0.1) is 0 Å². The zero-order valence-corrected chi connectivity index (χ0v) is 20.6. The number of aromatic nitrogens is 2. The van der Waals surface area contributed by atoms with Crippen molar-refractivity contribution in [2.24, 2.45) is 0 Å². The van der Waals surface area contributed by atoms with Crippen molar-refractivity contribution in [3.05, 3.63) is 87.2 Å². The Labute approximate surface area is 212 Å². The summed E-state index contributed by atoms with van der Waals surface area (Å²) in [5.74, 6) is 1.24. The van der Waals surface area contributed by atoms with Crippen molar-refractivity contribution in [3.8, 4) is 17.1 Å². The van der Waals surface area contributed by atoms with Crippen LogP contribution in [-0.4, -0.2) is 46.8 Å². The van der Waals surface area contributed by atoms with Crippen LogP contribution in [0.1, 0.15) is 16.2 Å². The number of carbonyl (C=O) groups is 1. The van der Waals surface area contributed by atoms with E-state index in [1.54, 1.807) is 28.9 Å². The molecule has 0 radical (unpaired) electrons. The molecule has 0 aliphatic carbocycles. The van der Waals surface area contributed by atoms with Gasteiger partial charge in [-0.05, 0) is 49.4 Å². The minimum atomic E-state index is -0.119. The number of nitrogens with zero attached hydrogens (tertiary/aromatic N) is 4. The van der Waals surface area contributed by atoms with Gasteiger partial charge in [0.1, 0.15) is 17.1 Å². The van der Waals surface area contributed by atoms with E-state index in [9.17, 15) is 4.79 Å². The Morgan fingerprint density at radius 3 is 2.32 bits per heavy atom. The Bertz CT molecular complexity index is 1360. The van der Waals surface area contributed by atoms with Crippen LogP contribution < -0.4 is 4.90 Å². The monoisotopic (exact) mass is 514 g/mol. The predicted octanol–water partition coefficient (Wildman–Crippen LogP) is 6.36. The van der Waals surface area contributed by atoms with Crippen LogP contribution in [0.2, 0.25) is 15.1 Å². The molecule has 1 fully saturated rings. The normalized spacial score (nSPS) is 14.0. The molecule has 2 aromatic heterocycles. The van der Waals surface area contributed by atoms with E-state index >= 15 is 0 Å². The molecule has 0 unspecified atom stereocenters. The third kappa shape index (κ3) is 4.41. The number of anilines is 1. The predicted molar refractivity (Wildman–Crippen MR) is 136 cm³/mol. The summed E-state index contributed by atoms with van der Waals surface area (Å²) in [6, 6.07) is 18.4. The highest BCUT2D eigenvalue weighted by Crippen LogP contribution is 2.29. The molecule has 0 atom stereocenters. The first-order valence-corrected chi connectivity index (χ1v) is 11.9. The van der Waals surface area contributed by atoms with Crippen LogP contribution in [-0.2, 0) is 0 Å². The van der Waals surface area contributed by atoms with Gasteiger partial charge in [-0.25, -0.2) is 4.68 Å². The molecule has 1 aliphatic rings. The van der Waals surface area contributed by atoms with E-state index in [1.165, 1.54) is 0 Å². The Kier molecular flexibility index (Phi) is 6.30. The number of hydrogen-bond donors (Lipinski definition) is 0. The molecule has 2 aromatic carbocycles. The van der Waals surface area contributed by atoms with Gasteiger partial charge in [0.25, 0.3) is 5.91 Å². The van der Waals surface area contributed by atoms with Crippen LogP contribution in [0, 0.1) is 6.92 Å². The molecule has 9 heteroatoms. The maximum absolute atomic E-state index is 13.6. The number of amides is 1. The summed E-state index contributed by atoms with van der Waals surface area (Å²) in [6.07, 6.45) is 0. The highest BCUT2D eigenvalue weighted by molar-refractivity contribution is 6.42. The van der Waals surface area contributed by atoms with Crippen molar-refractivity contribution in [3.63, 3.8) is 0 Å². The summed E-state index contributed by atoms with van der Waals surface area (Å²) in [7, 11) is 0. The quantitative estimate of drug-likeness (QED) is 0.317. The Balaban J connectivity index is 1.45. The molecule has 3 heterocycles. The molecule has 4 aromatic rings. The van der Waals surface area contributed by atoms with Crippen molar-refractivity contribution in [2.75, 3.05) is 31.1 Å². The average Bonchev–Trinajstić information content (AvgIpc) is 3.47. The van der Waals surface area contributed by atoms with Crippen LogP contribution in [0.3, 0.4) is 0 Å². The molecule has 5 rings (SSSR count). The second-order valence-electron chi connectivity index (χ2n) is 8.07. The molecule has 34 heavy (non-hydrogen) atoms. The van der Waals surface area contributed by atoms with Gasteiger partial charge < -0.3 is 14.2 Å². The second-order valence-corrected chi connectivity index (χ2v) is 9.29. The van der Waals surface area contributed by atoms with E-state index in [2.05, 4.69) is 10.00 Å². The number of hydrogen-bond acceptors (Lipinski definition) is 4. The second kappa shape index (κ2) is 9.37. The molecule has 1 aliphatic heterocycles. The fourth-order valence-corrected chi connectivity index (χ4v) is 4.61. The summed E-state index contributed by atoms with van der Waals surface area (Å²) in [5, 5.41) is 6.20. The number of para-hydroxylation sites is 1. The average molecular weight is 516 g/mol. The zero-order chi connectivity index (χ0) is 23.8. The SMILES string of the molecule is Cc1ccc(-c2cc(C(=O)N3CCN(c4ccccc4Cl)CC3)n(-c3ccc(Cl)c(Cl)c3)n2)o1. The van der Waals surface area contributed by atoms with Gasteiger partial charge in [0.15, 0.2) is 5.76 Å². The zero-order valence-electron chi connectivity index (χ0n) is 18.3. The third-order valence-electron chi connectivity index (χ3n) is 5.83.